The molecule has 2 aromatic carbocycles. The molecule has 0 bridgehead atoms. The highest BCUT2D eigenvalue weighted by molar-refractivity contribution is 7.99. The number of aryl methyl sites for hydroxylation is 1. The van der Waals surface area contributed by atoms with E-state index in [9.17, 15) is 4.79 Å². The molecule has 0 atom stereocenters. The molecule has 0 aliphatic heterocycles. The zero-order valence-electron chi connectivity index (χ0n) is 18.8. The van der Waals surface area contributed by atoms with Crippen molar-refractivity contribution in [1.82, 2.24) is 19.7 Å². The molecule has 0 fully saturated rings. The third-order valence-corrected chi connectivity index (χ3v) is 6.10. The molecule has 1 amide bonds. The minimum absolute atomic E-state index is 0.0992. The maximum absolute atomic E-state index is 12.7. The Hall–Kier alpha value is -3.65. The van der Waals surface area contributed by atoms with Crippen LogP contribution in [0.2, 0.25) is 0 Å². The zero-order chi connectivity index (χ0) is 23.2. The standard InChI is InChI=1S/C25H25N5O2S/c1-4-32-21-12-10-20(11-13-21)30-24(19-8-6-14-26-15-19)28-29-25(30)33-16-23(31)27-22-9-5-7-17(2)18(22)3/h5-15H,4,16H2,1-3H3,(H,27,31). The van der Waals surface area contributed by atoms with Crippen LogP contribution in [-0.4, -0.2) is 38.0 Å². The minimum atomic E-state index is -0.0992. The van der Waals surface area contributed by atoms with Crippen LogP contribution in [0.25, 0.3) is 17.1 Å². The predicted octanol–water partition coefficient (Wildman–Crippen LogP) is 5.08. The Labute approximate surface area is 197 Å². The van der Waals surface area contributed by atoms with E-state index >= 15 is 0 Å². The number of hydrogen-bond donors (Lipinski definition) is 1. The van der Waals surface area contributed by atoms with Crippen molar-refractivity contribution in [2.45, 2.75) is 25.9 Å². The van der Waals surface area contributed by atoms with Crippen LogP contribution in [0.4, 0.5) is 5.69 Å². The van der Waals surface area contributed by atoms with Gasteiger partial charge in [0.15, 0.2) is 11.0 Å². The van der Waals surface area contributed by atoms with Crippen LogP contribution in [0.5, 0.6) is 5.75 Å². The molecule has 0 unspecified atom stereocenters. The second-order valence-electron chi connectivity index (χ2n) is 7.39. The average molecular weight is 460 g/mol. The third kappa shape index (κ3) is 5.23. The molecular weight excluding hydrogens is 434 g/mol. The van der Waals surface area contributed by atoms with Gasteiger partial charge >= 0.3 is 0 Å². The van der Waals surface area contributed by atoms with Crippen LogP contribution in [0.15, 0.2) is 72.1 Å². The topological polar surface area (TPSA) is 81.9 Å². The van der Waals surface area contributed by atoms with E-state index in [0.29, 0.717) is 17.6 Å². The van der Waals surface area contributed by atoms with Crippen molar-refractivity contribution in [3.8, 4) is 22.8 Å². The normalized spacial score (nSPS) is 10.8. The molecule has 0 spiro atoms. The molecular formula is C25H25N5O2S. The Morgan fingerprint density at radius 3 is 2.61 bits per heavy atom. The Morgan fingerprint density at radius 2 is 1.88 bits per heavy atom. The van der Waals surface area contributed by atoms with E-state index in [1.807, 2.05) is 79.9 Å². The lowest BCUT2D eigenvalue weighted by molar-refractivity contribution is -0.113. The number of carbonyl (C=O) groups is 1. The van der Waals surface area contributed by atoms with Gasteiger partial charge in [-0.1, -0.05) is 23.9 Å². The van der Waals surface area contributed by atoms with Gasteiger partial charge in [0.2, 0.25) is 5.91 Å². The van der Waals surface area contributed by atoms with Gasteiger partial charge in [0.05, 0.1) is 12.4 Å². The Morgan fingerprint density at radius 1 is 1.06 bits per heavy atom. The number of carbonyl (C=O) groups excluding carboxylic acids is 1. The molecule has 2 aromatic heterocycles. The average Bonchev–Trinajstić information content (AvgIpc) is 3.26. The van der Waals surface area contributed by atoms with Gasteiger partial charge in [-0.15, -0.1) is 10.2 Å². The lowest BCUT2D eigenvalue weighted by atomic mass is 10.1. The second-order valence-corrected chi connectivity index (χ2v) is 8.34. The maximum atomic E-state index is 12.7. The fourth-order valence-corrected chi connectivity index (χ4v) is 4.09. The minimum Gasteiger partial charge on any atom is -0.494 e. The summed E-state index contributed by atoms with van der Waals surface area (Å²) in [6.07, 6.45) is 3.46. The van der Waals surface area contributed by atoms with Crippen LogP contribution < -0.4 is 10.1 Å². The molecule has 0 aliphatic carbocycles. The van der Waals surface area contributed by atoms with Crippen LogP contribution in [0.3, 0.4) is 0 Å². The highest BCUT2D eigenvalue weighted by Gasteiger charge is 2.18. The quantitative estimate of drug-likeness (QED) is 0.370. The van der Waals surface area contributed by atoms with E-state index in [4.69, 9.17) is 4.74 Å². The highest BCUT2D eigenvalue weighted by Crippen LogP contribution is 2.29. The van der Waals surface area contributed by atoms with Gasteiger partial charge in [-0.3, -0.25) is 14.3 Å². The number of nitrogens with one attached hydrogen (secondary N) is 1. The van der Waals surface area contributed by atoms with Crippen molar-refractivity contribution in [2.75, 3.05) is 17.7 Å². The lowest BCUT2D eigenvalue weighted by Gasteiger charge is -2.12. The number of aromatic nitrogens is 4. The molecule has 7 nitrogen and oxygen atoms in total. The van der Waals surface area contributed by atoms with Crippen molar-refractivity contribution in [1.29, 1.82) is 0 Å². The van der Waals surface area contributed by atoms with Crippen molar-refractivity contribution in [2.24, 2.45) is 0 Å². The molecule has 4 aromatic rings. The number of anilines is 1. The van der Waals surface area contributed by atoms with Crippen LogP contribution >= 0.6 is 11.8 Å². The van der Waals surface area contributed by atoms with E-state index in [0.717, 1.165) is 33.8 Å². The van der Waals surface area contributed by atoms with Crippen LogP contribution in [0, 0.1) is 13.8 Å². The molecule has 8 heteroatoms. The fourth-order valence-electron chi connectivity index (χ4n) is 3.34. The summed E-state index contributed by atoms with van der Waals surface area (Å²) in [5.74, 6) is 1.55. The van der Waals surface area contributed by atoms with Gasteiger partial charge < -0.3 is 10.1 Å². The Bertz CT molecular complexity index is 1240. The van der Waals surface area contributed by atoms with Crippen molar-refractivity contribution in [3.05, 3.63) is 78.1 Å². The maximum Gasteiger partial charge on any atom is 0.234 e. The first-order chi connectivity index (χ1) is 16.1. The molecule has 2 heterocycles. The van der Waals surface area contributed by atoms with Crippen LogP contribution in [-0.2, 0) is 4.79 Å². The van der Waals surface area contributed by atoms with Gasteiger partial charge in [0.25, 0.3) is 0 Å². The first kappa shape index (κ1) is 22.5. The second kappa shape index (κ2) is 10.3. The summed E-state index contributed by atoms with van der Waals surface area (Å²) in [7, 11) is 0. The van der Waals surface area contributed by atoms with E-state index in [-0.39, 0.29) is 11.7 Å². The fraction of sp³-hybridized carbons (Fsp3) is 0.200. The number of rotatable bonds is 8. The molecule has 0 saturated carbocycles. The lowest BCUT2D eigenvalue weighted by Crippen LogP contribution is -2.15. The van der Waals surface area contributed by atoms with Gasteiger partial charge in [-0.05, 0) is 74.4 Å². The molecule has 0 aliphatic rings. The number of benzene rings is 2. The summed E-state index contributed by atoms with van der Waals surface area (Å²) in [5, 5.41) is 12.4. The number of pyridine rings is 1. The summed E-state index contributed by atoms with van der Waals surface area (Å²) in [6.45, 7) is 6.58. The third-order valence-electron chi connectivity index (χ3n) is 5.17. The van der Waals surface area contributed by atoms with Crippen LogP contribution in [0.1, 0.15) is 18.1 Å². The van der Waals surface area contributed by atoms with E-state index in [2.05, 4.69) is 20.5 Å². The number of ether oxygens (including phenoxy) is 1. The summed E-state index contributed by atoms with van der Waals surface area (Å²) in [6, 6.07) is 17.4. The van der Waals surface area contributed by atoms with Gasteiger partial charge in [-0.2, -0.15) is 0 Å². The first-order valence-electron chi connectivity index (χ1n) is 10.6. The van der Waals surface area contributed by atoms with E-state index in [1.165, 1.54) is 11.8 Å². The number of thioether (sulfide) groups is 1. The zero-order valence-corrected chi connectivity index (χ0v) is 19.6. The summed E-state index contributed by atoms with van der Waals surface area (Å²) in [4.78, 5) is 16.9. The number of hydrogen-bond acceptors (Lipinski definition) is 6. The molecule has 0 radical (unpaired) electrons. The van der Waals surface area contributed by atoms with Gasteiger partial charge in [0, 0.05) is 29.3 Å². The molecule has 1 N–H and O–H groups in total. The first-order valence-corrected chi connectivity index (χ1v) is 11.6. The SMILES string of the molecule is CCOc1ccc(-n2c(SCC(=O)Nc3cccc(C)c3C)nnc2-c2cccnc2)cc1. The van der Waals surface area contributed by atoms with Gasteiger partial charge in [0.1, 0.15) is 5.75 Å². The van der Waals surface area contributed by atoms with Crippen molar-refractivity contribution in [3.63, 3.8) is 0 Å². The smallest absolute Gasteiger partial charge is 0.234 e. The Balaban J connectivity index is 1.59. The summed E-state index contributed by atoms with van der Waals surface area (Å²) >= 11 is 1.33. The number of amides is 1. The highest BCUT2D eigenvalue weighted by atomic mass is 32.2. The van der Waals surface area contributed by atoms with Crippen molar-refractivity contribution >= 4 is 23.4 Å². The monoisotopic (exact) mass is 459 g/mol. The molecule has 4 rings (SSSR count). The van der Waals surface area contributed by atoms with Gasteiger partial charge in [-0.25, -0.2) is 0 Å². The predicted molar refractivity (Wildman–Crippen MR) is 131 cm³/mol. The van der Waals surface area contributed by atoms with E-state index < -0.39 is 0 Å². The largest absolute Gasteiger partial charge is 0.494 e. The summed E-state index contributed by atoms with van der Waals surface area (Å²) < 4.78 is 7.50. The van der Waals surface area contributed by atoms with E-state index in [1.54, 1.807) is 12.4 Å². The molecule has 33 heavy (non-hydrogen) atoms. The Kier molecular flexibility index (Phi) is 7.04. The van der Waals surface area contributed by atoms with Crippen molar-refractivity contribution < 1.29 is 9.53 Å². The molecule has 0 saturated heterocycles. The summed E-state index contributed by atoms with van der Waals surface area (Å²) in [5.41, 5.74) is 4.74. The number of nitrogens with zero attached hydrogens (tertiary/aromatic N) is 4. The molecule has 168 valence electrons.